The molecule has 0 aliphatic carbocycles. The van der Waals surface area contributed by atoms with Gasteiger partial charge in [0.1, 0.15) is 0 Å². The molecule has 0 spiro atoms. The number of ether oxygens (including phenoxy) is 1. The van der Waals surface area contributed by atoms with Crippen LogP contribution in [-0.2, 0) is 9.53 Å². The van der Waals surface area contributed by atoms with Gasteiger partial charge >= 0.3 is 0 Å². The molecule has 0 bridgehead atoms. The van der Waals surface area contributed by atoms with Gasteiger partial charge in [0, 0.05) is 30.9 Å². The number of nitrogens with one attached hydrogen (secondary N) is 2. The van der Waals surface area contributed by atoms with Crippen molar-refractivity contribution in [2.75, 3.05) is 17.2 Å². The van der Waals surface area contributed by atoms with Gasteiger partial charge in [-0.25, -0.2) is 0 Å². The fraction of sp³-hybridized carbons (Fsp3) is 0.562. The second-order valence-corrected chi connectivity index (χ2v) is 5.41. The molecule has 1 aromatic rings. The zero-order valence-electron chi connectivity index (χ0n) is 12.3. The Hall–Kier alpha value is -1.55. The van der Waals surface area contributed by atoms with Gasteiger partial charge in [0.2, 0.25) is 5.91 Å². The molecule has 1 saturated heterocycles. The van der Waals surface area contributed by atoms with E-state index in [4.69, 9.17) is 4.74 Å². The van der Waals surface area contributed by atoms with Crippen LogP contribution in [0.5, 0.6) is 0 Å². The monoisotopic (exact) mass is 276 g/mol. The standard InChI is InChI=1S/C16H24N2O2/c1-3-4-16-11-15(9-10-20-16)18-14-7-5-13(6-8-14)17-12(2)19/h5-8,15-16,18H,3-4,9-11H2,1-2H3,(H,17,19). The van der Waals surface area contributed by atoms with Crippen LogP contribution in [0.4, 0.5) is 11.4 Å². The van der Waals surface area contributed by atoms with Gasteiger partial charge in [-0.15, -0.1) is 0 Å². The molecule has 2 rings (SSSR count). The van der Waals surface area contributed by atoms with Gasteiger partial charge in [0.05, 0.1) is 6.10 Å². The summed E-state index contributed by atoms with van der Waals surface area (Å²) in [5, 5.41) is 6.33. The van der Waals surface area contributed by atoms with Crippen molar-refractivity contribution in [3.05, 3.63) is 24.3 Å². The molecule has 4 nitrogen and oxygen atoms in total. The van der Waals surface area contributed by atoms with E-state index in [1.807, 2.05) is 24.3 Å². The van der Waals surface area contributed by atoms with E-state index in [1.165, 1.54) is 13.3 Å². The Morgan fingerprint density at radius 1 is 1.30 bits per heavy atom. The Balaban J connectivity index is 1.87. The highest BCUT2D eigenvalue weighted by Gasteiger charge is 2.21. The van der Waals surface area contributed by atoms with Crippen LogP contribution >= 0.6 is 0 Å². The van der Waals surface area contributed by atoms with E-state index in [1.54, 1.807) is 0 Å². The number of hydrogen-bond donors (Lipinski definition) is 2. The zero-order valence-corrected chi connectivity index (χ0v) is 12.3. The van der Waals surface area contributed by atoms with Crippen molar-refractivity contribution in [1.29, 1.82) is 0 Å². The Bertz CT molecular complexity index is 429. The van der Waals surface area contributed by atoms with Crippen LogP contribution in [0.15, 0.2) is 24.3 Å². The first kappa shape index (κ1) is 14.9. The van der Waals surface area contributed by atoms with Crippen LogP contribution in [-0.4, -0.2) is 24.7 Å². The summed E-state index contributed by atoms with van der Waals surface area (Å²) in [5.74, 6) is -0.0439. The molecule has 1 heterocycles. The van der Waals surface area contributed by atoms with Crippen molar-refractivity contribution >= 4 is 17.3 Å². The fourth-order valence-electron chi connectivity index (χ4n) is 2.62. The average molecular weight is 276 g/mol. The lowest BCUT2D eigenvalue weighted by atomic mass is 10.00. The number of carbonyl (C=O) groups excluding carboxylic acids is 1. The largest absolute Gasteiger partial charge is 0.382 e. The van der Waals surface area contributed by atoms with Crippen LogP contribution < -0.4 is 10.6 Å². The number of carbonyl (C=O) groups is 1. The molecule has 2 unspecified atom stereocenters. The smallest absolute Gasteiger partial charge is 0.221 e. The van der Waals surface area contributed by atoms with Gasteiger partial charge in [-0.05, 0) is 43.5 Å². The highest BCUT2D eigenvalue weighted by molar-refractivity contribution is 5.88. The molecule has 1 fully saturated rings. The molecule has 2 N–H and O–H groups in total. The third kappa shape index (κ3) is 4.53. The summed E-state index contributed by atoms with van der Waals surface area (Å²) in [4.78, 5) is 11.0. The maximum atomic E-state index is 11.0. The minimum atomic E-state index is -0.0439. The van der Waals surface area contributed by atoms with Crippen LogP contribution in [0, 0.1) is 0 Å². The zero-order chi connectivity index (χ0) is 14.4. The van der Waals surface area contributed by atoms with Crippen LogP contribution in [0.3, 0.4) is 0 Å². The fourth-order valence-corrected chi connectivity index (χ4v) is 2.62. The van der Waals surface area contributed by atoms with E-state index in [0.29, 0.717) is 12.1 Å². The van der Waals surface area contributed by atoms with Gasteiger partial charge < -0.3 is 15.4 Å². The molecule has 1 aromatic carbocycles. The summed E-state index contributed by atoms with van der Waals surface area (Å²) in [6.07, 6.45) is 4.82. The summed E-state index contributed by atoms with van der Waals surface area (Å²) >= 11 is 0. The minimum Gasteiger partial charge on any atom is -0.382 e. The SMILES string of the molecule is CCCC1CC(Nc2ccc(NC(C)=O)cc2)CCO1. The molecule has 0 aromatic heterocycles. The van der Waals surface area contributed by atoms with Gasteiger partial charge in [-0.1, -0.05) is 13.3 Å². The summed E-state index contributed by atoms with van der Waals surface area (Å²) in [7, 11) is 0. The first-order valence-electron chi connectivity index (χ1n) is 7.43. The van der Waals surface area contributed by atoms with E-state index in [-0.39, 0.29) is 5.91 Å². The van der Waals surface area contributed by atoms with Crippen LogP contribution in [0.2, 0.25) is 0 Å². The van der Waals surface area contributed by atoms with E-state index in [9.17, 15) is 4.79 Å². The Labute approximate surface area is 120 Å². The Morgan fingerprint density at radius 2 is 2.00 bits per heavy atom. The molecule has 1 amide bonds. The number of rotatable bonds is 5. The van der Waals surface area contributed by atoms with Gasteiger partial charge in [0.15, 0.2) is 0 Å². The Kier molecular flexibility index (Phi) is 5.41. The van der Waals surface area contributed by atoms with Crippen LogP contribution in [0.1, 0.15) is 39.5 Å². The van der Waals surface area contributed by atoms with Crippen molar-refractivity contribution in [3.63, 3.8) is 0 Å². The first-order chi connectivity index (χ1) is 9.67. The van der Waals surface area contributed by atoms with E-state index < -0.39 is 0 Å². The van der Waals surface area contributed by atoms with E-state index in [2.05, 4.69) is 17.6 Å². The lowest BCUT2D eigenvalue weighted by Gasteiger charge is -2.30. The highest BCUT2D eigenvalue weighted by atomic mass is 16.5. The number of benzene rings is 1. The predicted molar refractivity (Wildman–Crippen MR) is 82.0 cm³/mol. The molecule has 0 saturated carbocycles. The normalized spacial score (nSPS) is 22.3. The van der Waals surface area contributed by atoms with Gasteiger partial charge in [-0.2, -0.15) is 0 Å². The third-order valence-corrected chi connectivity index (χ3v) is 3.55. The number of anilines is 2. The second kappa shape index (κ2) is 7.29. The van der Waals surface area contributed by atoms with Crippen molar-refractivity contribution < 1.29 is 9.53 Å². The summed E-state index contributed by atoms with van der Waals surface area (Å²) in [6, 6.07) is 8.34. The lowest BCUT2D eigenvalue weighted by molar-refractivity contribution is -0.114. The molecule has 1 aliphatic heterocycles. The van der Waals surface area contributed by atoms with Gasteiger partial charge in [0.25, 0.3) is 0 Å². The van der Waals surface area contributed by atoms with Crippen molar-refractivity contribution in [3.8, 4) is 0 Å². The highest BCUT2D eigenvalue weighted by Crippen LogP contribution is 2.22. The molecule has 0 radical (unpaired) electrons. The first-order valence-corrected chi connectivity index (χ1v) is 7.43. The van der Waals surface area contributed by atoms with Crippen LogP contribution in [0.25, 0.3) is 0 Å². The molecule has 20 heavy (non-hydrogen) atoms. The predicted octanol–water partition coefficient (Wildman–Crippen LogP) is 3.40. The van der Waals surface area contributed by atoms with Crippen molar-refractivity contribution in [2.24, 2.45) is 0 Å². The number of hydrogen-bond acceptors (Lipinski definition) is 3. The minimum absolute atomic E-state index is 0.0439. The summed E-state index contributed by atoms with van der Waals surface area (Å²) in [5.41, 5.74) is 1.93. The maximum Gasteiger partial charge on any atom is 0.221 e. The molecule has 4 heteroatoms. The molecule has 2 atom stereocenters. The van der Waals surface area contributed by atoms with E-state index in [0.717, 1.165) is 37.2 Å². The quantitative estimate of drug-likeness (QED) is 0.866. The summed E-state index contributed by atoms with van der Waals surface area (Å²) in [6.45, 7) is 4.55. The number of amides is 1. The molecular weight excluding hydrogens is 252 g/mol. The van der Waals surface area contributed by atoms with E-state index >= 15 is 0 Å². The second-order valence-electron chi connectivity index (χ2n) is 5.41. The topological polar surface area (TPSA) is 50.4 Å². The van der Waals surface area contributed by atoms with Crippen molar-refractivity contribution in [2.45, 2.75) is 51.7 Å². The maximum absolute atomic E-state index is 11.0. The summed E-state index contributed by atoms with van der Waals surface area (Å²) < 4.78 is 5.76. The third-order valence-electron chi connectivity index (χ3n) is 3.55. The average Bonchev–Trinajstić information content (AvgIpc) is 2.41. The Morgan fingerprint density at radius 3 is 2.65 bits per heavy atom. The lowest BCUT2D eigenvalue weighted by Crippen LogP contribution is -2.33. The van der Waals surface area contributed by atoms with Gasteiger partial charge in [-0.3, -0.25) is 4.79 Å². The molecule has 110 valence electrons. The molecular formula is C16H24N2O2. The molecule has 1 aliphatic rings. The van der Waals surface area contributed by atoms with Crippen molar-refractivity contribution in [1.82, 2.24) is 0 Å².